The van der Waals surface area contributed by atoms with Crippen LogP contribution in [-0.4, -0.2) is 25.9 Å². The highest BCUT2D eigenvalue weighted by molar-refractivity contribution is 14.1. The number of halogens is 10. The average Bonchev–Trinajstić information content (AvgIpc) is 2.15. The van der Waals surface area contributed by atoms with Crippen LogP contribution >= 0.6 is 45.2 Å². The molecule has 0 aromatic carbocycles. The zero-order valence-electron chi connectivity index (χ0n) is 7.10. The summed E-state index contributed by atoms with van der Waals surface area (Å²) in [7, 11) is 0. The molecule has 1 aliphatic rings. The Labute approximate surface area is 115 Å². The predicted octanol–water partition coefficient (Wildman–Crippen LogP) is 3.97. The normalized spacial score (nSPS) is 38.5. The molecule has 1 aliphatic heterocycles. The third-order valence-corrected chi connectivity index (χ3v) is 4.49. The van der Waals surface area contributed by atoms with E-state index < -0.39 is 25.9 Å². The molecule has 1 rings (SSSR count). The van der Waals surface area contributed by atoms with Gasteiger partial charge in [0.05, 0.1) is 0 Å². The first-order valence-corrected chi connectivity index (χ1v) is 5.61. The van der Waals surface area contributed by atoms with Crippen molar-refractivity contribution in [2.75, 3.05) is 0 Å². The fraction of sp³-hybridized carbons (Fsp3) is 1.00. The minimum absolute atomic E-state index is 0.318. The van der Waals surface area contributed by atoms with E-state index in [0.29, 0.717) is 45.2 Å². The number of hydrogen-bond donors (Lipinski definition) is 0. The quantitative estimate of drug-likeness (QED) is 0.286. The summed E-state index contributed by atoms with van der Waals surface area (Å²) >= 11 is 0.635. The molecule has 0 radical (unpaired) electrons. The molecule has 2 nitrogen and oxygen atoms in total. The third kappa shape index (κ3) is 2.33. The highest BCUT2D eigenvalue weighted by Crippen LogP contribution is 2.62. The van der Waals surface area contributed by atoms with Gasteiger partial charge in [-0.15, -0.1) is 0 Å². The van der Waals surface area contributed by atoms with Gasteiger partial charge >= 0.3 is 25.9 Å². The van der Waals surface area contributed by atoms with Crippen molar-refractivity contribution in [3.05, 3.63) is 0 Å². The number of alkyl halides is 10. The molecule has 1 saturated heterocycles. The van der Waals surface area contributed by atoms with E-state index in [0.717, 1.165) is 0 Å². The van der Waals surface area contributed by atoms with Gasteiger partial charge in [-0.1, -0.05) is 0 Å². The van der Waals surface area contributed by atoms with E-state index >= 15 is 0 Å². The molecule has 2 unspecified atom stereocenters. The van der Waals surface area contributed by atoms with Crippen LogP contribution in [0.1, 0.15) is 0 Å². The van der Waals surface area contributed by atoms with Gasteiger partial charge < -0.3 is 0 Å². The average molecular weight is 498 g/mol. The van der Waals surface area contributed by atoms with Gasteiger partial charge in [-0.3, -0.25) is 9.47 Å². The first kappa shape index (κ1) is 15.9. The minimum Gasteiger partial charge on any atom is -0.284 e. The highest BCUT2D eigenvalue weighted by atomic mass is 127. The molecule has 0 aliphatic carbocycles. The zero-order chi connectivity index (χ0) is 13.9. The lowest BCUT2D eigenvalue weighted by molar-refractivity contribution is -0.452. The Morgan fingerprint density at radius 1 is 0.706 bits per heavy atom. The van der Waals surface area contributed by atoms with Crippen LogP contribution in [0.4, 0.5) is 35.1 Å². The zero-order valence-corrected chi connectivity index (χ0v) is 11.4. The standard InChI is InChI=1S/C5F8I2O2/c6-2(7,8)1(3(9,10)11)16-4(12,14)5(13,15)17-1. The van der Waals surface area contributed by atoms with Crippen LogP contribution in [-0.2, 0) is 9.47 Å². The van der Waals surface area contributed by atoms with E-state index in [1.165, 1.54) is 0 Å². The van der Waals surface area contributed by atoms with Crippen molar-refractivity contribution in [3.8, 4) is 0 Å². The second-order valence-corrected chi connectivity index (χ2v) is 5.62. The fourth-order valence-corrected chi connectivity index (χ4v) is 1.73. The van der Waals surface area contributed by atoms with E-state index in [-0.39, 0.29) is 0 Å². The van der Waals surface area contributed by atoms with Crippen LogP contribution in [0, 0.1) is 0 Å². The first-order valence-electron chi connectivity index (χ1n) is 3.46. The molecule has 12 heteroatoms. The molecule has 102 valence electrons. The maximum atomic E-state index is 13.2. The number of hydrogen-bond acceptors (Lipinski definition) is 2. The highest BCUT2D eigenvalue weighted by Gasteiger charge is 2.85. The Bertz CT molecular complexity index is 289. The Kier molecular flexibility index (Phi) is 3.65. The summed E-state index contributed by atoms with van der Waals surface area (Å²) in [6.07, 6.45) is -12.4. The lowest BCUT2D eigenvalue weighted by atomic mass is 10.2. The molecule has 0 amide bonds. The van der Waals surface area contributed by atoms with Gasteiger partial charge in [-0.2, -0.15) is 35.1 Å². The first-order chi connectivity index (χ1) is 7.16. The maximum Gasteiger partial charge on any atom is 0.453 e. The summed E-state index contributed by atoms with van der Waals surface area (Å²) < 4.78 is 98.6. The molecule has 0 bridgehead atoms. The molecule has 2 atom stereocenters. The lowest BCUT2D eigenvalue weighted by Crippen LogP contribution is -2.58. The van der Waals surface area contributed by atoms with Gasteiger partial charge in [0.2, 0.25) is 0 Å². The summed E-state index contributed by atoms with van der Waals surface area (Å²) in [6, 6.07) is 0. The fourth-order valence-electron chi connectivity index (χ4n) is 0.893. The molecular formula is C5F8I2O2. The SMILES string of the molecule is FC(F)(F)C1(C(F)(F)F)OC(F)(I)C(F)(I)O1. The maximum absolute atomic E-state index is 13.2. The summed E-state index contributed by atoms with van der Waals surface area (Å²) in [5, 5.41) is 0. The Morgan fingerprint density at radius 2 is 0.941 bits per heavy atom. The summed E-state index contributed by atoms with van der Waals surface area (Å²) in [6.45, 7) is 0. The number of rotatable bonds is 0. The van der Waals surface area contributed by atoms with E-state index in [4.69, 9.17) is 0 Å². The van der Waals surface area contributed by atoms with Crippen molar-refractivity contribution in [3.63, 3.8) is 0 Å². The van der Waals surface area contributed by atoms with Crippen molar-refractivity contribution >= 4 is 45.2 Å². The predicted molar refractivity (Wildman–Crippen MR) is 52.7 cm³/mol. The van der Waals surface area contributed by atoms with Gasteiger partial charge in [0.15, 0.2) is 0 Å². The Balaban J connectivity index is 3.34. The van der Waals surface area contributed by atoms with Crippen molar-refractivity contribution in [2.24, 2.45) is 0 Å². The molecular weight excluding hydrogens is 498 g/mol. The van der Waals surface area contributed by atoms with Crippen molar-refractivity contribution in [1.29, 1.82) is 0 Å². The van der Waals surface area contributed by atoms with Gasteiger partial charge in [-0.05, 0) is 0 Å². The molecule has 1 fully saturated rings. The van der Waals surface area contributed by atoms with Crippen molar-refractivity contribution < 1.29 is 44.6 Å². The largest absolute Gasteiger partial charge is 0.453 e. The van der Waals surface area contributed by atoms with Crippen molar-refractivity contribution in [1.82, 2.24) is 0 Å². The monoisotopic (exact) mass is 498 g/mol. The van der Waals surface area contributed by atoms with Crippen LogP contribution in [0.2, 0.25) is 0 Å². The van der Waals surface area contributed by atoms with E-state index in [2.05, 4.69) is 9.47 Å². The molecule has 0 N–H and O–H groups in total. The topological polar surface area (TPSA) is 18.5 Å². The van der Waals surface area contributed by atoms with Gasteiger partial charge in [-0.25, -0.2) is 0 Å². The summed E-state index contributed by atoms with van der Waals surface area (Å²) in [5.41, 5.74) is 0. The third-order valence-electron chi connectivity index (χ3n) is 1.63. The molecule has 0 aromatic heterocycles. The molecule has 1 heterocycles. The molecule has 0 spiro atoms. The van der Waals surface area contributed by atoms with E-state index in [1.807, 2.05) is 0 Å². The summed E-state index contributed by atoms with van der Waals surface area (Å²) in [4.78, 5) is 0. The van der Waals surface area contributed by atoms with Crippen molar-refractivity contribution in [2.45, 2.75) is 25.9 Å². The smallest absolute Gasteiger partial charge is 0.284 e. The van der Waals surface area contributed by atoms with Gasteiger partial charge in [0.1, 0.15) is 0 Å². The Morgan fingerprint density at radius 3 is 1.06 bits per heavy atom. The second kappa shape index (κ2) is 3.91. The molecule has 17 heavy (non-hydrogen) atoms. The minimum atomic E-state index is -6.19. The van der Waals surface area contributed by atoms with Gasteiger partial charge in [0.25, 0.3) is 0 Å². The van der Waals surface area contributed by atoms with Crippen LogP contribution in [0.5, 0.6) is 0 Å². The summed E-state index contributed by atoms with van der Waals surface area (Å²) in [5.74, 6) is -5.33. The van der Waals surface area contributed by atoms with Gasteiger partial charge in [0, 0.05) is 45.2 Å². The van der Waals surface area contributed by atoms with Crippen LogP contribution in [0.3, 0.4) is 0 Å². The van der Waals surface area contributed by atoms with E-state index in [1.54, 1.807) is 0 Å². The van der Waals surface area contributed by atoms with Crippen LogP contribution in [0.15, 0.2) is 0 Å². The number of ether oxygens (including phenoxy) is 2. The Hall–Kier alpha value is 0.820. The lowest BCUT2D eigenvalue weighted by Gasteiger charge is -2.31. The van der Waals surface area contributed by atoms with Crippen LogP contribution in [0.25, 0.3) is 0 Å². The second-order valence-electron chi connectivity index (χ2n) is 2.85. The van der Waals surface area contributed by atoms with Crippen LogP contribution < -0.4 is 0 Å². The molecule has 0 saturated carbocycles. The van der Waals surface area contributed by atoms with E-state index in [9.17, 15) is 35.1 Å². The molecule has 0 aromatic rings.